The van der Waals surface area contributed by atoms with Crippen LogP contribution in [-0.4, -0.2) is 48.7 Å². The summed E-state index contributed by atoms with van der Waals surface area (Å²) in [5.74, 6) is -0.821. The Bertz CT molecular complexity index is 686. The van der Waals surface area contributed by atoms with Crippen molar-refractivity contribution in [3.8, 4) is 0 Å². The first-order valence-corrected chi connectivity index (χ1v) is 9.57. The number of carbonyl (C=O) groups excluding carboxylic acids is 2. The predicted molar refractivity (Wildman–Crippen MR) is 103 cm³/mol. The van der Waals surface area contributed by atoms with Crippen molar-refractivity contribution < 1.29 is 29.9 Å². The lowest BCUT2D eigenvalue weighted by Crippen LogP contribution is -2.49. The molecule has 1 aliphatic heterocycles. The second kappa shape index (κ2) is 9.89. The van der Waals surface area contributed by atoms with E-state index in [0.717, 1.165) is 10.5 Å². The first-order chi connectivity index (χ1) is 13.6. The third-order valence-corrected chi connectivity index (χ3v) is 4.19. The van der Waals surface area contributed by atoms with Gasteiger partial charge in [-0.2, -0.15) is 0 Å². The molecule has 0 aliphatic carbocycles. The fourth-order valence-electron chi connectivity index (χ4n) is 2.90. The van der Waals surface area contributed by atoms with Crippen LogP contribution in [0.3, 0.4) is 0 Å². The summed E-state index contributed by atoms with van der Waals surface area (Å²) in [7, 11) is 0. The summed E-state index contributed by atoms with van der Waals surface area (Å²) in [6.07, 6.45) is -2.74. The number of cyclic esters (lactones) is 1. The highest BCUT2D eigenvalue weighted by atomic mass is 16.7. The summed E-state index contributed by atoms with van der Waals surface area (Å²) in [5.41, 5.74) is 0.188. The summed E-state index contributed by atoms with van der Waals surface area (Å²) in [4.78, 5) is 26.8. The molecule has 1 amide bonds. The Morgan fingerprint density at radius 2 is 1.82 bits per heavy atom. The number of hydrogen-bond donors (Lipinski definition) is 0. The Balaban J connectivity index is 2.28. The van der Waals surface area contributed by atoms with Gasteiger partial charge in [0.15, 0.2) is 12.5 Å². The van der Waals surface area contributed by atoms with Crippen molar-refractivity contribution in [1.82, 2.24) is 4.90 Å². The van der Waals surface area contributed by atoms with Crippen molar-refractivity contribution in [2.45, 2.75) is 66.2 Å². The molecule has 1 fully saturated rings. The molecule has 0 radical (unpaired) electrons. The van der Waals surface area contributed by atoms with E-state index in [1.54, 1.807) is 13.8 Å². The molecule has 156 valence electrons. The quantitative estimate of drug-likeness (QED) is 0.494. The molecule has 2 rings (SSSR count). The topological polar surface area (TPSA) is 74.3 Å². The number of rotatable bonds is 8. The first kappa shape index (κ1) is 20.6. The Morgan fingerprint density at radius 3 is 2.36 bits per heavy atom. The molecule has 1 saturated heterocycles. The van der Waals surface area contributed by atoms with Crippen molar-refractivity contribution in [2.24, 2.45) is 5.41 Å². The highest BCUT2D eigenvalue weighted by Gasteiger charge is 2.51. The van der Waals surface area contributed by atoms with Crippen molar-refractivity contribution in [3.05, 3.63) is 35.9 Å². The van der Waals surface area contributed by atoms with Gasteiger partial charge >= 0.3 is 12.1 Å². The van der Waals surface area contributed by atoms with E-state index in [0.29, 0.717) is 13.2 Å². The molecule has 2 atom stereocenters. The molecule has 0 N–H and O–H groups in total. The zero-order valence-corrected chi connectivity index (χ0v) is 17.3. The van der Waals surface area contributed by atoms with E-state index < -0.39 is 36.0 Å². The monoisotopic (exact) mass is 394 g/mol. The lowest BCUT2D eigenvalue weighted by Gasteiger charge is -2.34. The van der Waals surface area contributed by atoms with Crippen LogP contribution < -0.4 is 0 Å². The van der Waals surface area contributed by atoms with Gasteiger partial charge in [0.05, 0.1) is 1.37 Å². The SMILES string of the molecule is [2H][C@]1(CC(OCC)OCC)C(=O)O[C@@H](C(C)(C)C)N1C(=O)OCc1ccccc1. The van der Waals surface area contributed by atoms with Crippen LogP contribution in [0, 0.1) is 5.41 Å². The third-order valence-electron chi connectivity index (χ3n) is 4.19. The molecule has 7 nitrogen and oxygen atoms in total. The van der Waals surface area contributed by atoms with E-state index in [2.05, 4.69) is 0 Å². The Morgan fingerprint density at radius 1 is 1.21 bits per heavy atom. The van der Waals surface area contributed by atoms with Crippen molar-refractivity contribution >= 4 is 12.1 Å². The molecular formula is C21H31NO6. The summed E-state index contributed by atoms with van der Waals surface area (Å²) in [6.45, 7) is 9.79. The van der Waals surface area contributed by atoms with E-state index in [1.165, 1.54) is 0 Å². The fraction of sp³-hybridized carbons (Fsp3) is 0.619. The third kappa shape index (κ3) is 5.69. The molecule has 28 heavy (non-hydrogen) atoms. The zero-order valence-electron chi connectivity index (χ0n) is 18.3. The minimum absolute atomic E-state index is 0.0255. The van der Waals surface area contributed by atoms with Gasteiger partial charge in [-0.25, -0.2) is 9.59 Å². The molecule has 0 bridgehead atoms. The molecule has 0 unspecified atom stereocenters. The van der Waals surface area contributed by atoms with Crippen LogP contribution in [0.5, 0.6) is 0 Å². The molecule has 1 aromatic rings. The normalized spacial score (nSPS) is 22.9. The van der Waals surface area contributed by atoms with Gasteiger partial charge < -0.3 is 18.9 Å². The van der Waals surface area contributed by atoms with E-state index in [4.69, 9.17) is 20.3 Å². The van der Waals surface area contributed by atoms with Crippen LogP contribution in [0.15, 0.2) is 30.3 Å². The largest absolute Gasteiger partial charge is 0.444 e. The van der Waals surface area contributed by atoms with Gasteiger partial charge in [-0.15, -0.1) is 0 Å². The van der Waals surface area contributed by atoms with E-state index in [-0.39, 0.29) is 13.0 Å². The van der Waals surface area contributed by atoms with Gasteiger partial charge in [0.2, 0.25) is 0 Å². The lowest BCUT2D eigenvalue weighted by molar-refractivity contribution is -0.155. The summed E-state index contributed by atoms with van der Waals surface area (Å²) in [6, 6.07) is 7.19. The predicted octanol–water partition coefficient (Wildman–Crippen LogP) is 3.71. The molecule has 0 spiro atoms. The summed E-state index contributed by atoms with van der Waals surface area (Å²) >= 11 is 0. The van der Waals surface area contributed by atoms with Gasteiger partial charge in [-0.3, -0.25) is 4.90 Å². The molecule has 1 aromatic carbocycles. The number of esters is 1. The minimum atomic E-state index is -2.01. The number of amides is 1. The molecular weight excluding hydrogens is 362 g/mol. The smallest absolute Gasteiger partial charge is 0.413 e. The number of ether oxygens (including phenoxy) is 4. The van der Waals surface area contributed by atoms with Crippen LogP contribution in [0.2, 0.25) is 0 Å². The average Bonchev–Trinajstić information content (AvgIpc) is 2.92. The summed E-state index contributed by atoms with van der Waals surface area (Å²) < 4.78 is 30.8. The maximum Gasteiger partial charge on any atom is 0.413 e. The van der Waals surface area contributed by atoms with Crippen molar-refractivity contribution in [3.63, 3.8) is 0 Å². The van der Waals surface area contributed by atoms with Crippen molar-refractivity contribution in [2.75, 3.05) is 13.2 Å². The zero-order chi connectivity index (χ0) is 21.7. The van der Waals surface area contributed by atoms with Gasteiger partial charge in [0.1, 0.15) is 12.6 Å². The Hall–Kier alpha value is -2.12. The van der Waals surface area contributed by atoms with E-state index in [1.807, 2.05) is 51.1 Å². The number of hydrogen-bond acceptors (Lipinski definition) is 6. The van der Waals surface area contributed by atoms with Crippen LogP contribution in [0.25, 0.3) is 0 Å². The Labute approximate surface area is 168 Å². The Kier molecular flexibility index (Phi) is 7.28. The fourth-order valence-corrected chi connectivity index (χ4v) is 2.90. The summed E-state index contributed by atoms with van der Waals surface area (Å²) in [5, 5.41) is 0. The number of benzene rings is 1. The first-order valence-electron chi connectivity index (χ1n) is 10.1. The standard InChI is InChI=1S/C21H31NO6/c1-6-25-17(26-7-2)13-16-18(23)28-19(21(3,4)5)22(16)20(24)27-14-15-11-9-8-10-12-15/h8-12,16-17,19H,6-7,13-14H2,1-5H3/t16-,19-/m0/s1/i16D. The van der Waals surface area contributed by atoms with Crippen LogP contribution in [-0.2, 0) is 30.3 Å². The average molecular weight is 394 g/mol. The highest BCUT2D eigenvalue weighted by Crippen LogP contribution is 2.35. The second-order valence-electron chi connectivity index (χ2n) is 7.52. The minimum Gasteiger partial charge on any atom is -0.444 e. The van der Waals surface area contributed by atoms with Gasteiger partial charge in [-0.1, -0.05) is 51.1 Å². The molecule has 0 aromatic heterocycles. The lowest BCUT2D eigenvalue weighted by atomic mass is 9.93. The van der Waals surface area contributed by atoms with Gasteiger partial charge in [-0.05, 0) is 19.4 Å². The maximum absolute atomic E-state index is 13.0. The van der Waals surface area contributed by atoms with E-state index >= 15 is 0 Å². The van der Waals surface area contributed by atoms with Crippen LogP contribution >= 0.6 is 0 Å². The van der Waals surface area contributed by atoms with Gasteiger partial charge in [0, 0.05) is 25.0 Å². The molecule has 1 aliphatic rings. The molecule has 0 saturated carbocycles. The highest BCUT2D eigenvalue weighted by molar-refractivity contribution is 5.84. The number of nitrogens with zero attached hydrogens (tertiary/aromatic N) is 1. The molecule has 7 heteroatoms. The maximum atomic E-state index is 13.0. The molecule has 1 heterocycles. The van der Waals surface area contributed by atoms with Gasteiger partial charge in [0.25, 0.3) is 0 Å². The van der Waals surface area contributed by atoms with Crippen LogP contribution in [0.1, 0.15) is 48.0 Å². The van der Waals surface area contributed by atoms with E-state index in [9.17, 15) is 9.59 Å². The number of carbonyl (C=O) groups is 2. The van der Waals surface area contributed by atoms with Crippen molar-refractivity contribution in [1.29, 1.82) is 0 Å². The van der Waals surface area contributed by atoms with Crippen LogP contribution in [0.4, 0.5) is 4.79 Å². The second-order valence-corrected chi connectivity index (χ2v) is 7.52.